The molecule has 1 aliphatic rings. The SMILES string of the molecule is CC[C@H](C(=O)N[C@@H]1CCCc2ccccc21)N(c1cc(C)cc(C)c1)S(C)(=O)=O. The Hall–Kier alpha value is -2.34. The molecule has 5 nitrogen and oxygen atoms in total. The molecule has 0 radical (unpaired) electrons. The van der Waals surface area contributed by atoms with Crippen LogP contribution in [0.3, 0.4) is 0 Å². The second kappa shape index (κ2) is 8.57. The van der Waals surface area contributed by atoms with Gasteiger partial charge in [-0.3, -0.25) is 9.10 Å². The highest BCUT2D eigenvalue weighted by Gasteiger charge is 2.33. The van der Waals surface area contributed by atoms with Crippen LogP contribution in [0, 0.1) is 13.8 Å². The van der Waals surface area contributed by atoms with Gasteiger partial charge in [0.05, 0.1) is 18.0 Å². The monoisotopic (exact) mass is 414 g/mol. The highest BCUT2D eigenvalue weighted by molar-refractivity contribution is 7.92. The average molecular weight is 415 g/mol. The first-order valence-electron chi connectivity index (χ1n) is 10.2. The third-order valence-corrected chi connectivity index (χ3v) is 6.66. The summed E-state index contributed by atoms with van der Waals surface area (Å²) in [6, 6.07) is 12.9. The number of benzene rings is 2. The molecule has 1 aliphatic carbocycles. The molecule has 29 heavy (non-hydrogen) atoms. The van der Waals surface area contributed by atoms with Gasteiger partial charge < -0.3 is 5.32 Å². The minimum Gasteiger partial charge on any atom is -0.347 e. The molecule has 0 saturated heterocycles. The van der Waals surface area contributed by atoms with Crippen molar-refractivity contribution in [3.05, 3.63) is 64.7 Å². The zero-order valence-corrected chi connectivity index (χ0v) is 18.4. The number of hydrogen-bond donors (Lipinski definition) is 1. The number of aryl methyl sites for hydroxylation is 3. The zero-order valence-electron chi connectivity index (χ0n) is 17.6. The van der Waals surface area contributed by atoms with Crippen LogP contribution < -0.4 is 9.62 Å². The van der Waals surface area contributed by atoms with E-state index in [2.05, 4.69) is 17.4 Å². The lowest BCUT2D eigenvalue weighted by atomic mass is 9.87. The molecule has 2 atom stereocenters. The van der Waals surface area contributed by atoms with Gasteiger partial charge in [-0.2, -0.15) is 0 Å². The fourth-order valence-electron chi connectivity index (χ4n) is 4.31. The van der Waals surface area contributed by atoms with Crippen molar-refractivity contribution < 1.29 is 13.2 Å². The van der Waals surface area contributed by atoms with Crippen LogP contribution >= 0.6 is 0 Å². The van der Waals surface area contributed by atoms with E-state index in [9.17, 15) is 13.2 Å². The Kier molecular flexibility index (Phi) is 6.32. The van der Waals surface area contributed by atoms with Crippen molar-refractivity contribution in [2.24, 2.45) is 0 Å². The van der Waals surface area contributed by atoms with Crippen LogP contribution in [-0.2, 0) is 21.2 Å². The quantitative estimate of drug-likeness (QED) is 0.776. The standard InChI is InChI=1S/C23H30N2O3S/c1-5-22(25(29(4,27)28)19-14-16(2)13-17(3)15-19)23(26)24-21-12-8-10-18-9-6-7-11-20(18)21/h6-7,9,11,13-15,21-22H,5,8,10,12H2,1-4H3,(H,24,26)/t21-,22-/m1/s1. The Bertz CT molecular complexity index is 981. The Morgan fingerprint density at radius 1 is 1.17 bits per heavy atom. The lowest BCUT2D eigenvalue weighted by Crippen LogP contribution is -2.50. The number of amides is 1. The first-order valence-corrected chi connectivity index (χ1v) is 12.0. The minimum atomic E-state index is -3.64. The van der Waals surface area contributed by atoms with E-state index in [0.29, 0.717) is 12.1 Å². The van der Waals surface area contributed by atoms with E-state index in [1.165, 1.54) is 9.87 Å². The highest BCUT2D eigenvalue weighted by Crippen LogP contribution is 2.30. The molecule has 3 rings (SSSR count). The summed E-state index contributed by atoms with van der Waals surface area (Å²) in [5, 5.41) is 3.13. The molecule has 156 valence electrons. The molecule has 2 aromatic rings. The van der Waals surface area contributed by atoms with Crippen molar-refractivity contribution in [2.75, 3.05) is 10.6 Å². The predicted octanol–water partition coefficient (Wildman–Crippen LogP) is 4.04. The number of rotatable bonds is 6. The molecule has 2 aromatic carbocycles. The molecule has 0 heterocycles. The fraction of sp³-hybridized carbons (Fsp3) is 0.435. The maximum Gasteiger partial charge on any atom is 0.244 e. The summed E-state index contributed by atoms with van der Waals surface area (Å²) in [5.74, 6) is -0.251. The van der Waals surface area contributed by atoms with Crippen molar-refractivity contribution in [1.29, 1.82) is 0 Å². The number of hydrogen-bond acceptors (Lipinski definition) is 3. The minimum absolute atomic E-state index is 0.0813. The summed E-state index contributed by atoms with van der Waals surface area (Å²) in [7, 11) is -3.64. The van der Waals surface area contributed by atoms with Gasteiger partial charge in [0.25, 0.3) is 0 Å². The van der Waals surface area contributed by atoms with Crippen molar-refractivity contribution in [3.63, 3.8) is 0 Å². The van der Waals surface area contributed by atoms with Crippen LogP contribution in [0.25, 0.3) is 0 Å². The summed E-state index contributed by atoms with van der Waals surface area (Å²) in [6.45, 7) is 5.70. The zero-order chi connectivity index (χ0) is 21.2. The summed E-state index contributed by atoms with van der Waals surface area (Å²) < 4.78 is 26.7. The molecule has 0 saturated carbocycles. The number of nitrogens with zero attached hydrogens (tertiary/aromatic N) is 1. The first kappa shape index (κ1) is 21.4. The van der Waals surface area contributed by atoms with Crippen LogP contribution in [0.5, 0.6) is 0 Å². The molecule has 0 spiro atoms. The molecule has 1 N–H and O–H groups in total. The van der Waals surface area contributed by atoms with Gasteiger partial charge in [-0.15, -0.1) is 0 Å². The number of anilines is 1. The van der Waals surface area contributed by atoms with Gasteiger partial charge in [0.2, 0.25) is 15.9 Å². The molecule has 1 amide bonds. The third kappa shape index (κ3) is 4.81. The Labute approximate surface area is 174 Å². The second-order valence-electron chi connectivity index (χ2n) is 7.98. The number of nitrogens with one attached hydrogen (secondary N) is 1. The maximum atomic E-state index is 13.3. The smallest absolute Gasteiger partial charge is 0.244 e. The lowest BCUT2D eigenvalue weighted by molar-refractivity contribution is -0.123. The van der Waals surface area contributed by atoms with Gasteiger partial charge in [-0.1, -0.05) is 37.3 Å². The van der Waals surface area contributed by atoms with Crippen LogP contribution in [0.4, 0.5) is 5.69 Å². The molecule has 0 unspecified atom stereocenters. The first-order chi connectivity index (χ1) is 13.7. The van der Waals surface area contributed by atoms with E-state index in [-0.39, 0.29) is 11.9 Å². The number of sulfonamides is 1. The number of carbonyl (C=O) groups is 1. The number of fused-ring (bicyclic) bond motifs is 1. The largest absolute Gasteiger partial charge is 0.347 e. The third-order valence-electron chi connectivity index (χ3n) is 5.48. The van der Waals surface area contributed by atoms with E-state index < -0.39 is 16.1 Å². The van der Waals surface area contributed by atoms with Crippen LogP contribution in [0.2, 0.25) is 0 Å². The van der Waals surface area contributed by atoms with E-state index >= 15 is 0 Å². The van der Waals surface area contributed by atoms with Gasteiger partial charge in [0.15, 0.2) is 0 Å². The summed E-state index contributed by atoms with van der Waals surface area (Å²) in [4.78, 5) is 13.3. The second-order valence-corrected chi connectivity index (χ2v) is 9.84. The lowest BCUT2D eigenvalue weighted by Gasteiger charge is -2.33. The van der Waals surface area contributed by atoms with Gasteiger partial charge in [-0.05, 0) is 73.9 Å². The van der Waals surface area contributed by atoms with Crippen LogP contribution in [-0.4, -0.2) is 26.6 Å². The molecule has 0 fully saturated rings. The van der Waals surface area contributed by atoms with Gasteiger partial charge in [0, 0.05) is 0 Å². The number of carbonyl (C=O) groups excluding carboxylic acids is 1. The molecular weight excluding hydrogens is 384 g/mol. The van der Waals surface area contributed by atoms with E-state index in [1.807, 2.05) is 51.1 Å². The maximum absolute atomic E-state index is 13.3. The van der Waals surface area contributed by atoms with Crippen molar-refractivity contribution >= 4 is 21.6 Å². The molecule has 0 bridgehead atoms. The summed E-state index contributed by atoms with van der Waals surface area (Å²) in [5.41, 5.74) is 4.86. The normalized spacial score (nSPS) is 17.3. The molecular formula is C23H30N2O3S. The highest BCUT2D eigenvalue weighted by atomic mass is 32.2. The van der Waals surface area contributed by atoms with Gasteiger partial charge >= 0.3 is 0 Å². The van der Waals surface area contributed by atoms with E-state index in [1.54, 1.807) is 0 Å². The van der Waals surface area contributed by atoms with Crippen molar-refractivity contribution in [1.82, 2.24) is 5.32 Å². The Morgan fingerprint density at radius 3 is 2.45 bits per heavy atom. The average Bonchev–Trinajstić information content (AvgIpc) is 2.64. The Morgan fingerprint density at radius 2 is 1.83 bits per heavy atom. The molecule has 0 aliphatic heterocycles. The topological polar surface area (TPSA) is 66.5 Å². The van der Waals surface area contributed by atoms with E-state index in [0.717, 1.165) is 42.2 Å². The van der Waals surface area contributed by atoms with E-state index in [4.69, 9.17) is 0 Å². The van der Waals surface area contributed by atoms with Crippen molar-refractivity contribution in [3.8, 4) is 0 Å². The summed E-state index contributed by atoms with van der Waals surface area (Å²) in [6.07, 6.45) is 4.43. The van der Waals surface area contributed by atoms with Crippen molar-refractivity contribution in [2.45, 2.75) is 58.5 Å². The fourth-order valence-corrected chi connectivity index (χ4v) is 5.51. The predicted molar refractivity (Wildman–Crippen MR) is 118 cm³/mol. The van der Waals surface area contributed by atoms with Gasteiger partial charge in [0.1, 0.15) is 6.04 Å². The molecule has 6 heteroatoms. The van der Waals surface area contributed by atoms with Crippen LogP contribution in [0.15, 0.2) is 42.5 Å². The summed E-state index contributed by atoms with van der Waals surface area (Å²) >= 11 is 0. The Balaban J connectivity index is 1.92. The van der Waals surface area contributed by atoms with Gasteiger partial charge in [-0.25, -0.2) is 8.42 Å². The van der Waals surface area contributed by atoms with Crippen LogP contribution in [0.1, 0.15) is 54.5 Å². The molecule has 0 aromatic heterocycles.